The minimum absolute atomic E-state index is 0.00475. The van der Waals surface area contributed by atoms with Gasteiger partial charge in [-0.1, -0.05) is 38.1 Å². The maximum atomic E-state index is 13.0. The van der Waals surface area contributed by atoms with E-state index in [0.29, 0.717) is 37.0 Å². The number of amides is 2. The van der Waals surface area contributed by atoms with Crippen molar-refractivity contribution < 1.29 is 9.59 Å². The molecule has 154 valence electrons. The van der Waals surface area contributed by atoms with Gasteiger partial charge in [0.25, 0.3) is 5.91 Å². The van der Waals surface area contributed by atoms with E-state index in [-0.39, 0.29) is 11.8 Å². The van der Waals surface area contributed by atoms with Crippen LogP contribution in [0.15, 0.2) is 30.3 Å². The van der Waals surface area contributed by atoms with Crippen LogP contribution in [0.5, 0.6) is 0 Å². The summed E-state index contributed by atoms with van der Waals surface area (Å²) < 4.78 is 1.72. The zero-order valence-electron chi connectivity index (χ0n) is 17.7. The second kappa shape index (κ2) is 7.32. The molecule has 1 saturated heterocycles. The quantitative estimate of drug-likeness (QED) is 0.814. The normalized spacial score (nSPS) is 21.2. The molecule has 0 bridgehead atoms. The maximum absolute atomic E-state index is 13.0. The zero-order valence-corrected chi connectivity index (χ0v) is 17.7. The van der Waals surface area contributed by atoms with Gasteiger partial charge in [-0.25, -0.2) is 0 Å². The van der Waals surface area contributed by atoms with E-state index < -0.39 is 5.54 Å². The lowest BCUT2D eigenvalue weighted by atomic mass is 9.84. The molecular weight excluding hydrogens is 364 g/mol. The lowest BCUT2D eigenvalue weighted by Crippen LogP contribution is -2.66. The van der Waals surface area contributed by atoms with Crippen LogP contribution in [0, 0.1) is 0 Å². The van der Waals surface area contributed by atoms with E-state index in [4.69, 9.17) is 0 Å². The first-order valence-corrected chi connectivity index (χ1v) is 10.5. The van der Waals surface area contributed by atoms with Crippen LogP contribution in [0.4, 0.5) is 5.82 Å². The molecule has 1 aliphatic heterocycles. The first-order valence-electron chi connectivity index (χ1n) is 10.5. The van der Waals surface area contributed by atoms with Crippen LogP contribution in [-0.2, 0) is 23.1 Å². The number of carbonyl (C=O) groups is 2. The molecule has 2 aliphatic rings. The lowest BCUT2D eigenvalue weighted by molar-refractivity contribution is -0.154. The third-order valence-corrected chi connectivity index (χ3v) is 6.35. The number of aryl methyl sites for hydroxylation is 1. The van der Waals surface area contributed by atoms with Crippen LogP contribution in [-0.4, -0.2) is 38.6 Å². The van der Waals surface area contributed by atoms with Crippen molar-refractivity contribution in [3.05, 3.63) is 47.2 Å². The fourth-order valence-corrected chi connectivity index (χ4v) is 3.92. The number of carbonyl (C=O) groups excluding carboxylic acids is 2. The molecule has 1 aromatic carbocycles. The van der Waals surface area contributed by atoms with Crippen LogP contribution < -0.4 is 5.32 Å². The summed E-state index contributed by atoms with van der Waals surface area (Å²) >= 11 is 0. The van der Waals surface area contributed by atoms with Gasteiger partial charge in [-0.15, -0.1) is 0 Å². The first kappa shape index (κ1) is 19.7. The molecule has 1 N–H and O–H groups in total. The average Bonchev–Trinajstić information content (AvgIpc) is 3.45. The topological polar surface area (TPSA) is 67.2 Å². The maximum Gasteiger partial charge on any atom is 0.251 e. The van der Waals surface area contributed by atoms with Gasteiger partial charge in [0.2, 0.25) is 5.91 Å². The van der Waals surface area contributed by atoms with Gasteiger partial charge in [0, 0.05) is 25.6 Å². The zero-order chi connectivity index (χ0) is 20.8. The van der Waals surface area contributed by atoms with Gasteiger partial charge in [0.05, 0.1) is 12.1 Å². The molecule has 6 heteroatoms. The molecule has 1 aliphatic carbocycles. The lowest BCUT2D eigenvalue weighted by Gasteiger charge is -2.49. The van der Waals surface area contributed by atoms with Crippen molar-refractivity contribution in [2.75, 3.05) is 11.9 Å². The Morgan fingerprint density at radius 3 is 2.48 bits per heavy atom. The highest BCUT2D eigenvalue weighted by Gasteiger charge is 2.49. The molecule has 29 heavy (non-hydrogen) atoms. The average molecular weight is 395 g/mol. The Balaban J connectivity index is 1.41. The number of likely N-dealkylation sites (tertiary alicyclic amines) is 1. The summed E-state index contributed by atoms with van der Waals surface area (Å²) in [4.78, 5) is 27.6. The van der Waals surface area contributed by atoms with Crippen molar-refractivity contribution in [2.45, 2.75) is 63.8 Å². The Hall–Kier alpha value is -2.63. The van der Waals surface area contributed by atoms with Gasteiger partial charge < -0.3 is 10.2 Å². The van der Waals surface area contributed by atoms with E-state index in [2.05, 4.69) is 36.4 Å². The largest absolute Gasteiger partial charge is 0.328 e. The van der Waals surface area contributed by atoms with E-state index in [1.54, 1.807) is 9.58 Å². The summed E-state index contributed by atoms with van der Waals surface area (Å²) in [6.45, 7) is 6.77. The van der Waals surface area contributed by atoms with E-state index >= 15 is 0 Å². The van der Waals surface area contributed by atoms with Gasteiger partial charge in [-0.3, -0.25) is 14.3 Å². The van der Waals surface area contributed by atoms with E-state index in [0.717, 1.165) is 11.3 Å². The Morgan fingerprint density at radius 1 is 1.24 bits per heavy atom. The summed E-state index contributed by atoms with van der Waals surface area (Å²) in [6.07, 6.45) is 3.33. The molecule has 4 rings (SSSR count). The highest BCUT2D eigenvalue weighted by Crippen LogP contribution is 2.40. The molecular formula is C23H30N4O2. The van der Waals surface area contributed by atoms with Crippen LogP contribution in [0.2, 0.25) is 0 Å². The summed E-state index contributed by atoms with van der Waals surface area (Å²) in [5.74, 6) is 1.55. The number of nitrogens with zero attached hydrogens (tertiary/aromatic N) is 3. The van der Waals surface area contributed by atoms with Crippen molar-refractivity contribution in [2.24, 2.45) is 7.05 Å². The molecule has 1 unspecified atom stereocenters. The van der Waals surface area contributed by atoms with Gasteiger partial charge >= 0.3 is 0 Å². The minimum atomic E-state index is -0.807. The highest BCUT2D eigenvalue weighted by atomic mass is 16.2. The fraction of sp³-hybridized carbons (Fsp3) is 0.522. The minimum Gasteiger partial charge on any atom is -0.328 e. The second-order valence-corrected chi connectivity index (χ2v) is 8.95. The molecule has 2 amide bonds. The number of rotatable bonds is 6. The number of aromatic nitrogens is 2. The first-order chi connectivity index (χ1) is 13.8. The smallest absolute Gasteiger partial charge is 0.251 e. The van der Waals surface area contributed by atoms with Crippen LogP contribution in [0.3, 0.4) is 0 Å². The van der Waals surface area contributed by atoms with E-state index in [1.807, 2.05) is 32.2 Å². The third-order valence-electron chi connectivity index (χ3n) is 6.35. The van der Waals surface area contributed by atoms with Gasteiger partial charge in [0.1, 0.15) is 11.4 Å². The van der Waals surface area contributed by atoms with Gasteiger partial charge in [-0.2, -0.15) is 5.10 Å². The van der Waals surface area contributed by atoms with E-state index in [1.165, 1.54) is 18.4 Å². The Kier molecular flexibility index (Phi) is 4.97. The van der Waals surface area contributed by atoms with Crippen molar-refractivity contribution in [1.29, 1.82) is 0 Å². The molecule has 1 atom stereocenters. The van der Waals surface area contributed by atoms with E-state index in [9.17, 15) is 9.59 Å². The second-order valence-electron chi connectivity index (χ2n) is 8.95. The van der Waals surface area contributed by atoms with Crippen molar-refractivity contribution in [1.82, 2.24) is 14.7 Å². The number of benzene rings is 1. The van der Waals surface area contributed by atoms with Crippen LogP contribution in [0.25, 0.3) is 0 Å². The summed E-state index contributed by atoms with van der Waals surface area (Å²) in [6, 6.07) is 10.1. The number of hydrogen-bond donors (Lipinski definition) is 1. The highest BCUT2D eigenvalue weighted by molar-refractivity contribution is 6.01. The fourth-order valence-electron chi connectivity index (χ4n) is 3.92. The summed E-state index contributed by atoms with van der Waals surface area (Å²) in [7, 11) is 1.84. The molecule has 2 heterocycles. The van der Waals surface area contributed by atoms with Gasteiger partial charge in [0.15, 0.2) is 0 Å². The summed E-state index contributed by atoms with van der Waals surface area (Å²) in [5, 5.41) is 7.49. The molecule has 6 nitrogen and oxygen atoms in total. The molecule has 2 fully saturated rings. The Bertz CT molecular complexity index is 927. The van der Waals surface area contributed by atoms with Crippen molar-refractivity contribution in [3.63, 3.8) is 0 Å². The summed E-state index contributed by atoms with van der Waals surface area (Å²) in [5.41, 5.74) is 2.48. The number of hydrogen-bond acceptors (Lipinski definition) is 3. The van der Waals surface area contributed by atoms with Gasteiger partial charge in [-0.05, 0) is 43.2 Å². The third kappa shape index (κ3) is 3.80. The standard InChI is InChI=1S/C23H30N4O2/c1-15(2)17-7-5-16(6-8-17)13-21(28)27-12-11-23(27,3)22(29)24-20-14-19(18-9-10-18)25-26(20)4/h5-8,14-15,18H,9-13H2,1-4H3,(H,24,29). The van der Waals surface area contributed by atoms with Crippen LogP contribution >= 0.6 is 0 Å². The SMILES string of the molecule is CC(C)c1ccc(CC(=O)N2CCC2(C)C(=O)Nc2cc(C3CC3)nn2C)cc1. The van der Waals surface area contributed by atoms with Crippen molar-refractivity contribution >= 4 is 17.6 Å². The monoisotopic (exact) mass is 394 g/mol. The molecule has 0 radical (unpaired) electrons. The number of nitrogens with one attached hydrogen (secondary N) is 1. The Labute approximate surface area is 172 Å². The molecule has 1 aromatic heterocycles. The van der Waals surface area contributed by atoms with Crippen molar-refractivity contribution in [3.8, 4) is 0 Å². The molecule has 2 aromatic rings. The molecule has 1 saturated carbocycles. The molecule has 0 spiro atoms. The van der Waals surface area contributed by atoms with Crippen LogP contribution in [0.1, 0.15) is 68.7 Å². The Morgan fingerprint density at radius 2 is 1.93 bits per heavy atom. The predicted molar refractivity (Wildman–Crippen MR) is 113 cm³/mol. The number of anilines is 1. The predicted octanol–water partition coefficient (Wildman–Crippen LogP) is 3.59.